The number of amides is 1. The lowest BCUT2D eigenvalue weighted by Crippen LogP contribution is -2.60. The number of aliphatic hydroxyl groups is 1. The van der Waals surface area contributed by atoms with Gasteiger partial charge in [-0.1, -0.05) is 27.7 Å². The van der Waals surface area contributed by atoms with Crippen molar-refractivity contribution in [2.45, 2.75) is 116 Å². The standard InChI is InChI=1S/C35H66N4O6/c1-24-16-35(6,42-10)32(45-33-31(41)28(36(7)8)15-26(3)44-33)25(2)17-34(4,5)23-43-22-29(37(9)18-24)27-19-38(20-27)21-30(40)39-13-11-12-14-39/h24-29,31-33,41H,11-23H2,1-10H3/t24-,25-,26-,28+,29+,31-,32-,33+,35-/m1/s1. The summed E-state index contributed by atoms with van der Waals surface area (Å²) in [6.45, 7) is 19.8. The Morgan fingerprint density at radius 1 is 1.04 bits per heavy atom. The Bertz CT molecular complexity index is 941. The highest BCUT2D eigenvalue weighted by Gasteiger charge is 2.47. The summed E-state index contributed by atoms with van der Waals surface area (Å²) < 4.78 is 26.1. The van der Waals surface area contributed by atoms with Crippen LogP contribution in [-0.4, -0.2) is 154 Å². The summed E-state index contributed by atoms with van der Waals surface area (Å²) in [5, 5.41) is 11.4. The molecule has 10 heteroatoms. The summed E-state index contributed by atoms with van der Waals surface area (Å²) in [6.07, 6.45) is 2.96. The van der Waals surface area contributed by atoms with E-state index in [2.05, 4.69) is 63.3 Å². The summed E-state index contributed by atoms with van der Waals surface area (Å²) >= 11 is 0. The third kappa shape index (κ3) is 9.40. The van der Waals surface area contributed by atoms with Gasteiger partial charge in [-0.05, 0) is 84.3 Å². The fourth-order valence-corrected chi connectivity index (χ4v) is 8.74. The van der Waals surface area contributed by atoms with Gasteiger partial charge >= 0.3 is 0 Å². The first kappa shape index (κ1) is 37.0. The number of hydrogen-bond donors (Lipinski definition) is 1. The molecule has 0 aromatic rings. The molecule has 0 saturated carbocycles. The van der Waals surface area contributed by atoms with Crippen molar-refractivity contribution in [2.75, 3.05) is 80.7 Å². The lowest BCUT2D eigenvalue weighted by molar-refractivity contribution is -0.298. The van der Waals surface area contributed by atoms with Crippen LogP contribution in [0.4, 0.5) is 0 Å². The molecule has 4 fully saturated rings. The lowest BCUT2D eigenvalue weighted by atomic mass is 9.75. The summed E-state index contributed by atoms with van der Waals surface area (Å²) in [5.41, 5.74) is -0.668. The fraction of sp³-hybridized carbons (Fsp3) is 0.971. The summed E-state index contributed by atoms with van der Waals surface area (Å²) in [6, 6.07) is 0.253. The molecule has 4 saturated heterocycles. The molecule has 262 valence electrons. The largest absolute Gasteiger partial charge is 0.386 e. The van der Waals surface area contributed by atoms with Gasteiger partial charge in [-0.2, -0.15) is 0 Å². The summed E-state index contributed by atoms with van der Waals surface area (Å²) in [5.74, 6) is 1.22. The van der Waals surface area contributed by atoms with Gasteiger partial charge in [0.25, 0.3) is 0 Å². The molecule has 0 aliphatic carbocycles. The zero-order valence-corrected chi connectivity index (χ0v) is 30.2. The van der Waals surface area contributed by atoms with Gasteiger partial charge in [-0.3, -0.25) is 9.69 Å². The van der Waals surface area contributed by atoms with E-state index in [4.69, 9.17) is 18.9 Å². The number of methoxy groups -OCH3 is 1. The van der Waals surface area contributed by atoms with E-state index in [0.29, 0.717) is 31.6 Å². The van der Waals surface area contributed by atoms with Crippen LogP contribution in [0.25, 0.3) is 0 Å². The van der Waals surface area contributed by atoms with Crippen molar-refractivity contribution in [3.05, 3.63) is 0 Å². The highest BCUT2D eigenvalue weighted by atomic mass is 16.7. The van der Waals surface area contributed by atoms with Gasteiger partial charge in [0.15, 0.2) is 6.29 Å². The van der Waals surface area contributed by atoms with E-state index in [0.717, 1.165) is 64.8 Å². The highest BCUT2D eigenvalue weighted by molar-refractivity contribution is 5.78. The van der Waals surface area contributed by atoms with Crippen molar-refractivity contribution in [1.29, 1.82) is 0 Å². The molecule has 0 aromatic heterocycles. The number of likely N-dealkylation sites (tertiary alicyclic amines) is 2. The van der Waals surface area contributed by atoms with Gasteiger partial charge in [-0.25, -0.2) is 0 Å². The van der Waals surface area contributed by atoms with Crippen LogP contribution in [0.1, 0.15) is 73.6 Å². The van der Waals surface area contributed by atoms with Crippen molar-refractivity contribution in [1.82, 2.24) is 19.6 Å². The van der Waals surface area contributed by atoms with Crippen LogP contribution in [-0.2, 0) is 23.7 Å². The monoisotopic (exact) mass is 638 g/mol. The topological polar surface area (TPSA) is 87.2 Å². The number of carbonyl (C=O) groups excluding carboxylic acids is 1. The van der Waals surface area contributed by atoms with E-state index >= 15 is 0 Å². The van der Waals surface area contributed by atoms with Crippen molar-refractivity contribution in [2.24, 2.45) is 23.2 Å². The number of carbonyl (C=O) groups is 1. The number of hydrogen-bond acceptors (Lipinski definition) is 9. The van der Waals surface area contributed by atoms with Crippen LogP contribution in [0.2, 0.25) is 0 Å². The van der Waals surface area contributed by atoms with Crippen LogP contribution in [0.5, 0.6) is 0 Å². The second-order valence-electron chi connectivity index (χ2n) is 16.4. The molecule has 4 heterocycles. The predicted molar refractivity (Wildman–Crippen MR) is 177 cm³/mol. The number of aliphatic hydroxyl groups excluding tert-OH is 1. The molecule has 0 spiro atoms. The first-order chi connectivity index (χ1) is 21.1. The number of nitrogens with zero attached hydrogens (tertiary/aromatic N) is 4. The third-order valence-electron chi connectivity index (χ3n) is 11.1. The van der Waals surface area contributed by atoms with Crippen LogP contribution >= 0.6 is 0 Å². The molecule has 1 N–H and O–H groups in total. The molecule has 4 aliphatic heterocycles. The molecule has 0 radical (unpaired) electrons. The average Bonchev–Trinajstić information content (AvgIpc) is 3.47. The Kier molecular flexibility index (Phi) is 12.8. The first-order valence-electron chi connectivity index (χ1n) is 17.6. The Morgan fingerprint density at radius 2 is 1.71 bits per heavy atom. The van der Waals surface area contributed by atoms with Gasteiger partial charge in [0.1, 0.15) is 6.10 Å². The van der Waals surface area contributed by atoms with Gasteiger partial charge in [0.05, 0.1) is 37.6 Å². The SMILES string of the molecule is CO[C@]1(C)C[C@@H](C)CN(C)[C@H](C2CN(CC(=O)N3CCCC3)C2)COCC(C)(C)C[C@@H](C)[C@H]1O[C@@H]1O[C@H](C)C[C@H](N(C)C)[C@H]1O. The molecule has 0 aromatic carbocycles. The molecule has 0 bridgehead atoms. The van der Waals surface area contributed by atoms with E-state index in [1.54, 1.807) is 7.11 Å². The maximum atomic E-state index is 12.7. The van der Waals surface area contributed by atoms with Crippen molar-refractivity contribution in [3.8, 4) is 0 Å². The second kappa shape index (κ2) is 15.6. The first-order valence-corrected chi connectivity index (χ1v) is 17.6. The van der Waals surface area contributed by atoms with Crippen LogP contribution in [0.3, 0.4) is 0 Å². The normalized spacial score (nSPS) is 40.0. The van der Waals surface area contributed by atoms with E-state index < -0.39 is 18.0 Å². The van der Waals surface area contributed by atoms with Gasteiger partial charge in [0.2, 0.25) is 5.91 Å². The summed E-state index contributed by atoms with van der Waals surface area (Å²) in [7, 11) is 8.04. The number of rotatable bonds is 7. The van der Waals surface area contributed by atoms with Crippen molar-refractivity contribution >= 4 is 5.91 Å². The van der Waals surface area contributed by atoms with E-state index in [9.17, 15) is 9.90 Å². The van der Waals surface area contributed by atoms with Gasteiger partial charge in [-0.15, -0.1) is 0 Å². The van der Waals surface area contributed by atoms with Crippen molar-refractivity contribution < 1.29 is 28.8 Å². The number of ether oxygens (including phenoxy) is 4. The van der Waals surface area contributed by atoms with Crippen LogP contribution in [0.15, 0.2) is 0 Å². The second-order valence-corrected chi connectivity index (χ2v) is 16.4. The fourth-order valence-electron chi connectivity index (χ4n) is 8.74. The smallest absolute Gasteiger partial charge is 0.236 e. The molecule has 45 heavy (non-hydrogen) atoms. The highest BCUT2D eigenvalue weighted by Crippen LogP contribution is 2.39. The Hall–Kier alpha value is -0.850. The molecular formula is C35H66N4O6. The lowest BCUT2D eigenvalue weighted by Gasteiger charge is -2.48. The van der Waals surface area contributed by atoms with E-state index in [1.807, 2.05) is 19.0 Å². The molecule has 4 aliphatic rings. The van der Waals surface area contributed by atoms with E-state index in [1.165, 1.54) is 0 Å². The maximum absolute atomic E-state index is 12.7. The maximum Gasteiger partial charge on any atom is 0.236 e. The minimum absolute atomic E-state index is 0.0141. The average molecular weight is 639 g/mol. The minimum Gasteiger partial charge on any atom is -0.386 e. The van der Waals surface area contributed by atoms with Crippen LogP contribution in [0, 0.1) is 23.2 Å². The van der Waals surface area contributed by atoms with Crippen LogP contribution < -0.4 is 0 Å². The Balaban J connectivity index is 1.48. The molecule has 0 unspecified atom stereocenters. The quantitative estimate of drug-likeness (QED) is 0.452. The predicted octanol–water partition coefficient (Wildman–Crippen LogP) is 3.17. The van der Waals surface area contributed by atoms with E-state index in [-0.39, 0.29) is 41.5 Å². The Labute approximate surface area is 274 Å². The molecule has 4 rings (SSSR count). The molecule has 1 amide bonds. The molecule has 10 nitrogen and oxygen atoms in total. The molecule has 9 atom stereocenters. The number of likely N-dealkylation sites (N-methyl/N-ethyl adjacent to an activating group) is 2. The summed E-state index contributed by atoms with van der Waals surface area (Å²) in [4.78, 5) is 21.6. The zero-order valence-electron chi connectivity index (χ0n) is 30.2. The van der Waals surface area contributed by atoms with Gasteiger partial charge in [0, 0.05) is 57.8 Å². The zero-order chi connectivity index (χ0) is 33.1. The third-order valence-corrected chi connectivity index (χ3v) is 11.1. The molecular weight excluding hydrogens is 572 g/mol. The minimum atomic E-state index is -0.748. The van der Waals surface area contributed by atoms with Crippen molar-refractivity contribution in [3.63, 3.8) is 0 Å². The van der Waals surface area contributed by atoms with Gasteiger partial charge < -0.3 is 38.8 Å². The Morgan fingerprint density at radius 3 is 2.33 bits per heavy atom.